The highest BCUT2D eigenvalue weighted by Crippen LogP contribution is 2.14. The number of benzene rings is 2. The molecular weight excluding hydrogens is 246 g/mol. The fraction of sp³-hybridized carbons (Fsp3) is 0.333. The van der Waals surface area contributed by atoms with E-state index in [1.165, 1.54) is 11.1 Å². The molecule has 0 bridgehead atoms. The van der Waals surface area contributed by atoms with Crippen molar-refractivity contribution in [2.75, 3.05) is 14.2 Å². The Balaban J connectivity index is 1.88. The molecule has 0 aliphatic heterocycles. The summed E-state index contributed by atoms with van der Waals surface area (Å²) in [4.78, 5) is 0. The minimum atomic E-state index is 0.503. The van der Waals surface area contributed by atoms with Gasteiger partial charge in [0.2, 0.25) is 0 Å². The van der Waals surface area contributed by atoms with Gasteiger partial charge in [-0.25, -0.2) is 0 Å². The first-order valence-corrected chi connectivity index (χ1v) is 7.16. The van der Waals surface area contributed by atoms with E-state index in [1.54, 1.807) is 7.11 Å². The van der Waals surface area contributed by atoms with E-state index in [0.717, 1.165) is 25.0 Å². The van der Waals surface area contributed by atoms with Crippen molar-refractivity contribution in [3.63, 3.8) is 0 Å². The van der Waals surface area contributed by atoms with Crippen LogP contribution in [-0.4, -0.2) is 20.2 Å². The summed E-state index contributed by atoms with van der Waals surface area (Å²) < 4.78 is 5.19. The van der Waals surface area contributed by atoms with Crippen LogP contribution in [0.5, 0.6) is 5.75 Å². The monoisotopic (exact) mass is 269 g/mol. The Bertz CT molecular complexity index is 493. The van der Waals surface area contributed by atoms with Crippen LogP contribution in [-0.2, 0) is 12.8 Å². The van der Waals surface area contributed by atoms with Gasteiger partial charge >= 0.3 is 0 Å². The molecule has 2 rings (SSSR count). The third kappa shape index (κ3) is 4.39. The molecule has 0 saturated heterocycles. The molecule has 0 saturated carbocycles. The number of hydrogen-bond donors (Lipinski definition) is 1. The molecule has 1 N–H and O–H groups in total. The first-order valence-electron chi connectivity index (χ1n) is 7.16. The average molecular weight is 269 g/mol. The number of rotatable bonds is 7. The van der Waals surface area contributed by atoms with E-state index < -0.39 is 0 Å². The van der Waals surface area contributed by atoms with E-state index in [9.17, 15) is 0 Å². The van der Waals surface area contributed by atoms with Crippen LogP contribution in [0.4, 0.5) is 0 Å². The molecule has 0 amide bonds. The zero-order chi connectivity index (χ0) is 14.2. The van der Waals surface area contributed by atoms with Gasteiger partial charge in [0.05, 0.1) is 7.11 Å². The number of hydrogen-bond acceptors (Lipinski definition) is 2. The van der Waals surface area contributed by atoms with E-state index in [4.69, 9.17) is 4.74 Å². The third-order valence-corrected chi connectivity index (χ3v) is 3.67. The van der Waals surface area contributed by atoms with E-state index in [1.807, 2.05) is 19.2 Å². The Hall–Kier alpha value is -1.80. The Morgan fingerprint density at radius 1 is 0.950 bits per heavy atom. The summed E-state index contributed by atoms with van der Waals surface area (Å²) in [6.45, 7) is 0. The predicted molar refractivity (Wildman–Crippen MR) is 84.3 cm³/mol. The van der Waals surface area contributed by atoms with Crippen LogP contribution in [0.1, 0.15) is 17.5 Å². The van der Waals surface area contributed by atoms with Gasteiger partial charge < -0.3 is 10.1 Å². The first kappa shape index (κ1) is 14.6. The van der Waals surface area contributed by atoms with Crippen molar-refractivity contribution < 1.29 is 4.74 Å². The molecule has 0 radical (unpaired) electrons. The van der Waals surface area contributed by atoms with Crippen LogP contribution >= 0.6 is 0 Å². The van der Waals surface area contributed by atoms with Gasteiger partial charge in [0.15, 0.2) is 0 Å². The predicted octanol–water partition coefficient (Wildman–Crippen LogP) is 3.46. The van der Waals surface area contributed by atoms with Crippen LogP contribution in [0.3, 0.4) is 0 Å². The van der Waals surface area contributed by atoms with Gasteiger partial charge in [-0.15, -0.1) is 0 Å². The van der Waals surface area contributed by atoms with E-state index in [0.29, 0.717) is 6.04 Å². The van der Waals surface area contributed by atoms with Crippen molar-refractivity contribution >= 4 is 0 Å². The van der Waals surface area contributed by atoms with Crippen LogP contribution in [0.2, 0.25) is 0 Å². The molecule has 0 aromatic heterocycles. The van der Waals surface area contributed by atoms with Crippen LogP contribution in [0, 0.1) is 0 Å². The third-order valence-electron chi connectivity index (χ3n) is 3.67. The maximum Gasteiger partial charge on any atom is 0.118 e. The zero-order valence-electron chi connectivity index (χ0n) is 12.3. The fourth-order valence-corrected chi connectivity index (χ4v) is 2.38. The van der Waals surface area contributed by atoms with E-state index >= 15 is 0 Å². The van der Waals surface area contributed by atoms with Crippen molar-refractivity contribution in [1.29, 1.82) is 0 Å². The molecule has 2 aromatic carbocycles. The number of nitrogens with one attached hydrogen (secondary N) is 1. The lowest BCUT2D eigenvalue weighted by atomic mass is 9.99. The molecule has 0 fully saturated rings. The summed E-state index contributed by atoms with van der Waals surface area (Å²) >= 11 is 0. The van der Waals surface area contributed by atoms with Gasteiger partial charge in [-0.05, 0) is 49.6 Å². The van der Waals surface area contributed by atoms with Crippen molar-refractivity contribution in [3.05, 3.63) is 65.7 Å². The maximum absolute atomic E-state index is 5.19. The largest absolute Gasteiger partial charge is 0.497 e. The lowest BCUT2D eigenvalue weighted by Gasteiger charge is -2.16. The van der Waals surface area contributed by atoms with Gasteiger partial charge in [0.1, 0.15) is 5.75 Å². The Morgan fingerprint density at radius 3 is 2.25 bits per heavy atom. The molecule has 0 aliphatic carbocycles. The first-order chi connectivity index (χ1) is 9.81. The Kier molecular flexibility index (Phi) is 5.63. The molecule has 0 aliphatic rings. The molecule has 20 heavy (non-hydrogen) atoms. The Labute approximate surface area is 121 Å². The average Bonchev–Trinajstić information content (AvgIpc) is 2.53. The second-order valence-corrected chi connectivity index (χ2v) is 5.06. The van der Waals surface area contributed by atoms with Crippen LogP contribution in [0.15, 0.2) is 54.6 Å². The second kappa shape index (κ2) is 7.71. The highest BCUT2D eigenvalue weighted by Gasteiger charge is 2.07. The molecule has 1 atom stereocenters. The SMILES string of the molecule is CNC(CCc1ccccc1)Cc1ccc(OC)cc1. The molecule has 2 aromatic rings. The molecule has 106 valence electrons. The van der Waals surface area contributed by atoms with Gasteiger partial charge in [-0.3, -0.25) is 0 Å². The number of likely N-dealkylation sites (N-methyl/N-ethyl adjacent to an activating group) is 1. The molecular formula is C18H23NO. The van der Waals surface area contributed by atoms with Crippen molar-refractivity contribution in [3.8, 4) is 5.75 Å². The summed E-state index contributed by atoms with van der Waals surface area (Å²) in [6, 6.07) is 19.5. The van der Waals surface area contributed by atoms with Crippen molar-refractivity contribution in [2.45, 2.75) is 25.3 Å². The normalized spacial score (nSPS) is 12.1. The molecule has 0 heterocycles. The van der Waals surface area contributed by atoms with Gasteiger partial charge in [-0.2, -0.15) is 0 Å². The van der Waals surface area contributed by atoms with Crippen molar-refractivity contribution in [1.82, 2.24) is 5.32 Å². The van der Waals surface area contributed by atoms with Crippen LogP contribution in [0.25, 0.3) is 0 Å². The summed E-state index contributed by atoms with van der Waals surface area (Å²) in [7, 11) is 3.74. The summed E-state index contributed by atoms with van der Waals surface area (Å²) in [5, 5.41) is 3.42. The maximum atomic E-state index is 5.19. The second-order valence-electron chi connectivity index (χ2n) is 5.06. The Morgan fingerprint density at radius 2 is 1.65 bits per heavy atom. The summed E-state index contributed by atoms with van der Waals surface area (Å²) in [5.41, 5.74) is 2.75. The standard InChI is InChI=1S/C18H23NO/c1-19-17(11-8-15-6-4-3-5-7-15)14-16-9-12-18(20-2)13-10-16/h3-7,9-10,12-13,17,19H,8,11,14H2,1-2H3. The van der Waals surface area contributed by atoms with Crippen molar-refractivity contribution in [2.24, 2.45) is 0 Å². The lowest BCUT2D eigenvalue weighted by Crippen LogP contribution is -2.28. The van der Waals surface area contributed by atoms with Gasteiger partial charge in [0.25, 0.3) is 0 Å². The number of methoxy groups -OCH3 is 1. The van der Waals surface area contributed by atoms with E-state index in [-0.39, 0.29) is 0 Å². The van der Waals surface area contributed by atoms with E-state index in [2.05, 4.69) is 47.8 Å². The zero-order valence-corrected chi connectivity index (χ0v) is 12.3. The van der Waals surface area contributed by atoms with Crippen LogP contribution < -0.4 is 10.1 Å². The molecule has 2 nitrogen and oxygen atoms in total. The fourth-order valence-electron chi connectivity index (χ4n) is 2.38. The molecule has 1 unspecified atom stereocenters. The lowest BCUT2D eigenvalue weighted by molar-refractivity contribution is 0.414. The summed E-state index contributed by atoms with van der Waals surface area (Å²) in [6.07, 6.45) is 3.31. The highest BCUT2D eigenvalue weighted by atomic mass is 16.5. The van der Waals surface area contributed by atoms with Gasteiger partial charge in [-0.1, -0.05) is 42.5 Å². The molecule has 2 heteroatoms. The highest BCUT2D eigenvalue weighted by molar-refractivity contribution is 5.27. The molecule has 0 spiro atoms. The minimum Gasteiger partial charge on any atom is -0.497 e. The van der Waals surface area contributed by atoms with Gasteiger partial charge in [0, 0.05) is 6.04 Å². The number of aryl methyl sites for hydroxylation is 1. The smallest absolute Gasteiger partial charge is 0.118 e. The quantitative estimate of drug-likeness (QED) is 0.831. The summed E-state index contributed by atoms with van der Waals surface area (Å²) in [5.74, 6) is 0.916. The minimum absolute atomic E-state index is 0.503. The number of ether oxygens (including phenoxy) is 1. The topological polar surface area (TPSA) is 21.3 Å².